The van der Waals surface area contributed by atoms with E-state index in [9.17, 15) is 0 Å². The van der Waals surface area contributed by atoms with Gasteiger partial charge in [0.2, 0.25) is 0 Å². The van der Waals surface area contributed by atoms with Gasteiger partial charge in [0, 0.05) is 17.8 Å². The Labute approximate surface area is 124 Å². The van der Waals surface area contributed by atoms with E-state index in [1.165, 1.54) is 0 Å². The molecule has 1 heterocycles. The number of aromatic nitrogens is 1. The molecule has 0 fully saturated rings. The van der Waals surface area contributed by atoms with Crippen LogP contribution in [-0.4, -0.2) is 12.0 Å². The van der Waals surface area contributed by atoms with Gasteiger partial charge in [0.1, 0.15) is 5.82 Å². The third-order valence-corrected chi connectivity index (χ3v) is 3.71. The fourth-order valence-corrected chi connectivity index (χ4v) is 2.41. The van der Waals surface area contributed by atoms with E-state index in [0.29, 0.717) is 5.56 Å². The van der Waals surface area contributed by atoms with Crippen LogP contribution in [0.4, 0.5) is 5.82 Å². The minimum atomic E-state index is 0.0737. The molecule has 2 rings (SSSR count). The first-order chi connectivity index (χ1) is 9.52. The first-order valence-electron chi connectivity index (χ1n) is 6.39. The maximum absolute atomic E-state index is 9.05. The number of anilines is 1. The number of aryl methyl sites for hydroxylation is 1. The quantitative estimate of drug-likeness (QED) is 0.852. The average molecular weight is 286 g/mol. The molecule has 0 saturated carbocycles. The lowest BCUT2D eigenvalue weighted by Gasteiger charge is -2.27. The predicted octanol–water partition coefficient (Wildman–Crippen LogP) is 4.11. The van der Waals surface area contributed by atoms with Crippen LogP contribution in [0.15, 0.2) is 36.4 Å². The van der Waals surface area contributed by atoms with E-state index in [1.807, 2.05) is 43.1 Å². The van der Waals surface area contributed by atoms with Gasteiger partial charge in [-0.1, -0.05) is 29.8 Å². The van der Waals surface area contributed by atoms with Crippen molar-refractivity contribution in [2.24, 2.45) is 0 Å². The number of benzene rings is 1. The van der Waals surface area contributed by atoms with Crippen LogP contribution >= 0.6 is 11.6 Å². The molecule has 4 heteroatoms. The lowest BCUT2D eigenvalue weighted by Crippen LogP contribution is -2.23. The highest BCUT2D eigenvalue weighted by Gasteiger charge is 2.16. The molecule has 0 aliphatic rings. The normalized spacial score (nSPS) is 11.8. The third-order valence-electron chi connectivity index (χ3n) is 3.37. The Morgan fingerprint density at radius 3 is 2.65 bits per heavy atom. The van der Waals surface area contributed by atoms with Crippen molar-refractivity contribution in [1.29, 1.82) is 5.26 Å². The second-order valence-electron chi connectivity index (χ2n) is 4.78. The minimum absolute atomic E-state index is 0.0737. The van der Waals surface area contributed by atoms with Gasteiger partial charge in [0.15, 0.2) is 0 Å². The third kappa shape index (κ3) is 2.92. The molecule has 0 radical (unpaired) electrons. The van der Waals surface area contributed by atoms with Crippen LogP contribution in [0.2, 0.25) is 5.02 Å². The van der Waals surface area contributed by atoms with Gasteiger partial charge >= 0.3 is 0 Å². The van der Waals surface area contributed by atoms with Crippen LogP contribution in [0.5, 0.6) is 0 Å². The van der Waals surface area contributed by atoms with Crippen LogP contribution in [0, 0.1) is 18.3 Å². The monoisotopic (exact) mass is 285 g/mol. The van der Waals surface area contributed by atoms with Crippen LogP contribution < -0.4 is 4.90 Å². The zero-order chi connectivity index (χ0) is 14.7. The van der Waals surface area contributed by atoms with E-state index < -0.39 is 0 Å². The topological polar surface area (TPSA) is 39.9 Å². The summed E-state index contributed by atoms with van der Waals surface area (Å²) in [6.07, 6.45) is 0. The lowest BCUT2D eigenvalue weighted by molar-refractivity contribution is 0.727. The molecule has 1 aromatic heterocycles. The number of nitriles is 1. The number of hydrogen-bond acceptors (Lipinski definition) is 3. The van der Waals surface area contributed by atoms with Crippen molar-refractivity contribution >= 4 is 17.4 Å². The lowest BCUT2D eigenvalue weighted by atomic mass is 10.1. The van der Waals surface area contributed by atoms with Gasteiger partial charge in [-0.15, -0.1) is 0 Å². The van der Waals surface area contributed by atoms with Crippen molar-refractivity contribution < 1.29 is 0 Å². The van der Waals surface area contributed by atoms with E-state index >= 15 is 0 Å². The Morgan fingerprint density at radius 1 is 1.30 bits per heavy atom. The molecule has 0 amide bonds. The molecule has 102 valence electrons. The van der Waals surface area contributed by atoms with E-state index in [2.05, 4.69) is 18.0 Å². The molecule has 20 heavy (non-hydrogen) atoms. The zero-order valence-electron chi connectivity index (χ0n) is 11.8. The summed E-state index contributed by atoms with van der Waals surface area (Å²) >= 11 is 6.24. The van der Waals surface area contributed by atoms with Crippen LogP contribution in [-0.2, 0) is 0 Å². The van der Waals surface area contributed by atoms with Crippen molar-refractivity contribution in [2.75, 3.05) is 11.9 Å². The molecular formula is C16H16ClN3. The van der Waals surface area contributed by atoms with Crippen molar-refractivity contribution in [3.05, 3.63) is 58.2 Å². The number of halogens is 1. The summed E-state index contributed by atoms with van der Waals surface area (Å²) in [5, 5.41) is 9.79. The highest BCUT2D eigenvalue weighted by Crippen LogP contribution is 2.29. The summed E-state index contributed by atoms with van der Waals surface area (Å²) in [6.45, 7) is 3.95. The molecule has 1 unspecified atom stereocenters. The molecule has 0 saturated heterocycles. The Bertz CT molecular complexity index is 661. The number of rotatable bonds is 3. The fourth-order valence-electron chi connectivity index (χ4n) is 2.12. The van der Waals surface area contributed by atoms with E-state index in [4.69, 9.17) is 16.9 Å². The van der Waals surface area contributed by atoms with E-state index in [-0.39, 0.29) is 6.04 Å². The summed E-state index contributed by atoms with van der Waals surface area (Å²) in [5.41, 5.74) is 2.49. The van der Waals surface area contributed by atoms with Gasteiger partial charge in [-0.3, -0.25) is 0 Å². The predicted molar refractivity (Wildman–Crippen MR) is 82.0 cm³/mol. The Balaban J connectivity index is 2.36. The van der Waals surface area contributed by atoms with Crippen molar-refractivity contribution in [2.45, 2.75) is 19.9 Å². The SMILES string of the molecule is Cc1cc(C#N)cc(N(C)C(C)c2ccccc2Cl)n1. The van der Waals surface area contributed by atoms with Gasteiger partial charge in [0.05, 0.1) is 17.7 Å². The smallest absolute Gasteiger partial charge is 0.130 e. The molecule has 0 aliphatic carbocycles. The summed E-state index contributed by atoms with van der Waals surface area (Å²) in [7, 11) is 1.96. The van der Waals surface area contributed by atoms with Crippen molar-refractivity contribution in [3.8, 4) is 6.07 Å². The average Bonchev–Trinajstić information content (AvgIpc) is 2.45. The largest absolute Gasteiger partial charge is 0.353 e. The maximum atomic E-state index is 9.05. The zero-order valence-corrected chi connectivity index (χ0v) is 12.5. The number of hydrogen-bond donors (Lipinski definition) is 0. The van der Waals surface area contributed by atoms with E-state index in [0.717, 1.165) is 22.1 Å². The maximum Gasteiger partial charge on any atom is 0.130 e. The van der Waals surface area contributed by atoms with Gasteiger partial charge in [0.25, 0.3) is 0 Å². The first kappa shape index (κ1) is 14.4. The second-order valence-corrected chi connectivity index (χ2v) is 5.18. The van der Waals surface area contributed by atoms with Gasteiger partial charge in [-0.2, -0.15) is 5.26 Å². The van der Waals surface area contributed by atoms with E-state index in [1.54, 1.807) is 12.1 Å². The molecule has 0 aliphatic heterocycles. The molecular weight excluding hydrogens is 270 g/mol. The molecule has 1 aromatic carbocycles. The number of nitrogens with zero attached hydrogens (tertiary/aromatic N) is 3. The van der Waals surface area contributed by atoms with Gasteiger partial charge in [-0.25, -0.2) is 4.98 Å². The summed E-state index contributed by atoms with van der Waals surface area (Å²) in [6, 6.07) is 13.6. The summed E-state index contributed by atoms with van der Waals surface area (Å²) in [5.74, 6) is 0.772. The Kier molecular flexibility index (Phi) is 4.26. The molecule has 0 N–H and O–H groups in total. The summed E-state index contributed by atoms with van der Waals surface area (Å²) < 4.78 is 0. The standard InChI is InChI=1S/C16H16ClN3/c1-11-8-13(10-18)9-16(19-11)20(3)12(2)14-6-4-5-7-15(14)17/h4-9,12H,1-3H3. The highest BCUT2D eigenvalue weighted by atomic mass is 35.5. The molecule has 0 bridgehead atoms. The first-order valence-corrected chi connectivity index (χ1v) is 6.76. The van der Waals surface area contributed by atoms with Crippen molar-refractivity contribution in [3.63, 3.8) is 0 Å². The molecule has 2 aromatic rings. The Morgan fingerprint density at radius 2 is 2.00 bits per heavy atom. The van der Waals surface area contributed by atoms with Crippen LogP contribution in [0.1, 0.15) is 29.8 Å². The highest BCUT2D eigenvalue weighted by molar-refractivity contribution is 6.31. The molecule has 3 nitrogen and oxygen atoms in total. The fraction of sp³-hybridized carbons (Fsp3) is 0.250. The van der Waals surface area contributed by atoms with Crippen LogP contribution in [0.25, 0.3) is 0 Å². The van der Waals surface area contributed by atoms with Crippen molar-refractivity contribution in [1.82, 2.24) is 4.98 Å². The summed E-state index contributed by atoms with van der Waals surface area (Å²) in [4.78, 5) is 6.51. The van der Waals surface area contributed by atoms with Crippen LogP contribution in [0.3, 0.4) is 0 Å². The molecule has 1 atom stereocenters. The Hall–Kier alpha value is -2.05. The van der Waals surface area contributed by atoms with Gasteiger partial charge in [-0.05, 0) is 37.6 Å². The molecule has 0 spiro atoms. The number of pyridine rings is 1. The minimum Gasteiger partial charge on any atom is -0.353 e. The van der Waals surface area contributed by atoms with Gasteiger partial charge < -0.3 is 4.90 Å². The second kappa shape index (κ2) is 5.94.